The average Bonchev–Trinajstić information content (AvgIpc) is 3.79. The predicted molar refractivity (Wildman–Crippen MR) is 217 cm³/mol. The van der Waals surface area contributed by atoms with Gasteiger partial charge in [0, 0.05) is 53.2 Å². The summed E-state index contributed by atoms with van der Waals surface area (Å²) in [4.78, 5) is 15.7. The zero-order valence-corrected chi connectivity index (χ0v) is 28.6. The van der Waals surface area contributed by atoms with Gasteiger partial charge in [-0.25, -0.2) is 15.0 Å². The Labute approximate surface area is 302 Å². The van der Waals surface area contributed by atoms with Crippen LogP contribution >= 0.6 is 11.3 Å². The van der Waals surface area contributed by atoms with Gasteiger partial charge in [0.15, 0.2) is 17.5 Å². The van der Waals surface area contributed by atoms with Crippen molar-refractivity contribution in [1.82, 2.24) is 15.0 Å². The number of fused-ring (bicyclic) bond motifs is 8. The van der Waals surface area contributed by atoms with Crippen molar-refractivity contribution in [2.24, 2.45) is 0 Å². The SMILES string of the molecule is c1ccc2cc(-c3nc(-c4cccc5oc6c(-c7ccc8ccccc8c7)cccc6c45)nc(-c4cccc5sc6ccccc6c45)n3)ccc2c1. The minimum atomic E-state index is 0.606. The van der Waals surface area contributed by atoms with Crippen molar-refractivity contribution < 1.29 is 4.42 Å². The van der Waals surface area contributed by atoms with Gasteiger partial charge in [-0.15, -0.1) is 11.3 Å². The third-order valence-electron chi connectivity index (χ3n) is 10.1. The van der Waals surface area contributed by atoms with E-state index in [2.05, 4.69) is 152 Å². The maximum atomic E-state index is 6.72. The largest absolute Gasteiger partial charge is 0.455 e. The van der Waals surface area contributed by atoms with Gasteiger partial charge < -0.3 is 4.42 Å². The van der Waals surface area contributed by atoms with Crippen LogP contribution in [0.3, 0.4) is 0 Å². The number of hydrogen-bond donors (Lipinski definition) is 0. The molecule has 0 amide bonds. The number of rotatable bonds is 4. The Bertz CT molecular complexity index is 3210. The Morgan fingerprint density at radius 3 is 1.73 bits per heavy atom. The Morgan fingerprint density at radius 2 is 0.942 bits per heavy atom. The monoisotopic (exact) mass is 681 g/mol. The number of nitrogens with zero attached hydrogens (tertiary/aromatic N) is 3. The molecule has 0 aliphatic heterocycles. The average molecular weight is 682 g/mol. The van der Waals surface area contributed by atoms with Crippen molar-refractivity contribution in [3.05, 3.63) is 164 Å². The summed E-state index contributed by atoms with van der Waals surface area (Å²) in [6.07, 6.45) is 0. The summed E-state index contributed by atoms with van der Waals surface area (Å²) < 4.78 is 9.16. The fourth-order valence-electron chi connectivity index (χ4n) is 7.65. The van der Waals surface area contributed by atoms with Crippen molar-refractivity contribution in [2.45, 2.75) is 0 Å². The van der Waals surface area contributed by atoms with E-state index in [0.29, 0.717) is 17.5 Å². The first kappa shape index (κ1) is 29.1. The number of benzene rings is 8. The highest BCUT2D eigenvalue weighted by atomic mass is 32.1. The summed E-state index contributed by atoms with van der Waals surface area (Å²) in [7, 11) is 0. The van der Waals surface area contributed by atoms with Crippen molar-refractivity contribution in [3.63, 3.8) is 0 Å². The number of thiophene rings is 1. The topological polar surface area (TPSA) is 51.8 Å². The molecule has 0 atom stereocenters. The van der Waals surface area contributed by atoms with Crippen LogP contribution in [-0.2, 0) is 0 Å². The van der Waals surface area contributed by atoms with Crippen molar-refractivity contribution >= 4 is 75.0 Å². The van der Waals surface area contributed by atoms with Crippen LogP contribution in [0.5, 0.6) is 0 Å². The molecule has 0 radical (unpaired) electrons. The Balaban J connectivity index is 1.17. The Morgan fingerprint density at radius 1 is 0.385 bits per heavy atom. The lowest BCUT2D eigenvalue weighted by Crippen LogP contribution is -2.00. The highest BCUT2D eigenvalue weighted by Gasteiger charge is 2.21. The number of para-hydroxylation sites is 1. The highest BCUT2D eigenvalue weighted by molar-refractivity contribution is 7.25. The van der Waals surface area contributed by atoms with E-state index in [4.69, 9.17) is 19.4 Å². The molecule has 4 nitrogen and oxygen atoms in total. The van der Waals surface area contributed by atoms with Crippen LogP contribution in [0.25, 0.3) is 109 Å². The third-order valence-corrected chi connectivity index (χ3v) is 11.2. The van der Waals surface area contributed by atoms with Gasteiger partial charge in [-0.3, -0.25) is 0 Å². The van der Waals surface area contributed by atoms with Crippen molar-refractivity contribution in [2.75, 3.05) is 0 Å². The first-order valence-electron chi connectivity index (χ1n) is 17.3. The van der Waals surface area contributed by atoms with E-state index in [1.54, 1.807) is 11.3 Å². The maximum Gasteiger partial charge on any atom is 0.164 e. The maximum absolute atomic E-state index is 6.72. The Hall–Kier alpha value is -6.69. The van der Waals surface area contributed by atoms with E-state index in [-0.39, 0.29) is 0 Å². The van der Waals surface area contributed by atoms with E-state index in [9.17, 15) is 0 Å². The van der Waals surface area contributed by atoms with Gasteiger partial charge in [-0.1, -0.05) is 133 Å². The van der Waals surface area contributed by atoms with Gasteiger partial charge in [-0.05, 0) is 57.4 Å². The zero-order valence-electron chi connectivity index (χ0n) is 27.7. The lowest BCUT2D eigenvalue weighted by atomic mass is 9.98. The molecule has 0 N–H and O–H groups in total. The highest BCUT2D eigenvalue weighted by Crippen LogP contribution is 2.43. The zero-order chi connectivity index (χ0) is 34.2. The van der Waals surface area contributed by atoms with E-state index >= 15 is 0 Å². The molecule has 0 bridgehead atoms. The molecule has 3 heterocycles. The van der Waals surface area contributed by atoms with Crippen LogP contribution in [0.15, 0.2) is 168 Å². The van der Waals surface area contributed by atoms with E-state index in [1.807, 2.05) is 12.1 Å². The molecule has 0 fully saturated rings. The van der Waals surface area contributed by atoms with Crippen LogP contribution in [0.4, 0.5) is 0 Å². The second kappa shape index (κ2) is 11.4. The third kappa shape index (κ3) is 4.57. The van der Waals surface area contributed by atoms with Gasteiger partial charge in [0.25, 0.3) is 0 Å². The van der Waals surface area contributed by atoms with Gasteiger partial charge in [0.05, 0.1) is 0 Å². The first-order chi connectivity index (χ1) is 25.7. The minimum absolute atomic E-state index is 0.606. The molecular formula is C47H27N3OS. The van der Waals surface area contributed by atoms with Gasteiger partial charge in [0.2, 0.25) is 0 Å². The molecule has 8 aromatic carbocycles. The molecular weight excluding hydrogens is 655 g/mol. The first-order valence-corrected chi connectivity index (χ1v) is 18.2. The number of furan rings is 1. The summed E-state index contributed by atoms with van der Waals surface area (Å²) in [6.45, 7) is 0. The molecule has 11 aromatic rings. The molecule has 11 rings (SSSR count). The summed E-state index contributed by atoms with van der Waals surface area (Å²) in [6, 6.07) is 57.4. The Kier molecular flexibility index (Phi) is 6.39. The summed E-state index contributed by atoms with van der Waals surface area (Å²) in [5.74, 6) is 1.88. The summed E-state index contributed by atoms with van der Waals surface area (Å²) in [5.41, 5.74) is 6.63. The molecule has 3 aromatic heterocycles. The van der Waals surface area contributed by atoms with Crippen LogP contribution in [0.1, 0.15) is 0 Å². The minimum Gasteiger partial charge on any atom is -0.455 e. The van der Waals surface area contributed by atoms with E-state index < -0.39 is 0 Å². The number of aromatic nitrogens is 3. The molecule has 0 aliphatic rings. The molecule has 242 valence electrons. The normalized spacial score (nSPS) is 11.8. The fraction of sp³-hybridized carbons (Fsp3) is 0. The molecule has 52 heavy (non-hydrogen) atoms. The second-order valence-electron chi connectivity index (χ2n) is 13.2. The van der Waals surface area contributed by atoms with E-state index in [0.717, 1.165) is 60.5 Å². The molecule has 0 aliphatic carbocycles. The van der Waals surface area contributed by atoms with Crippen LogP contribution < -0.4 is 0 Å². The van der Waals surface area contributed by atoms with Gasteiger partial charge >= 0.3 is 0 Å². The molecule has 5 heteroatoms. The van der Waals surface area contributed by atoms with Crippen LogP contribution in [0.2, 0.25) is 0 Å². The lowest BCUT2D eigenvalue weighted by molar-refractivity contribution is 0.670. The summed E-state index contributed by atoms with van der Waals surface area (Å²) >= 11 is 1.79. The molecule has 0 unspecified atom stereocenters. The van der Waals surface area contributed by atoms with Crippen molar-refractivity contribution in [3.8, 4) is 45.3 Å². The lowest BCUT2D eigenvalue weighted by Gasteiger charge is -2.11. The second-order valence-corrected chi connectivity index (χ2v) is 14.3. The van der Waals surface area contributed by atoms with Crippen molar-refractivity contribution in [1.29, 1.82) is 0 Å². The van der Waals surface area contributed by atoms with Crippen LogP contribution in [0, 0.1) is 0 Å². The number of hydrogen-bond acceptors (Lipinski definition) is 5. The fourth-order valence-corrected chi connectivity index (χ4v) is 8.79. The summed E-state index contributed by atoms with van der Waals surface area (Å²) in [5, 5.41) is 9.10. The van der Waals surface area contributed by atoms with Gasteiger partial charge in [0.1, 0.15) is 11.2 Å². The standard InChI is InChI=1S/C47H27N3OS/c1-3-12-30-26-32(24-22-28(30)10-1)34-15-7-16-36-42-37(17-8-19-39(42)51-44(34)36)46-48-45(33-25-23-29-11-2-4-13-31(29)27-33)49-47(50-46)38-18-9-21-41-43(38)35-14-5-6-20-40(35)52-41/h1-27H. The van der Waals surface area contributed by atoms with Crippen LogP contribution in [-0.4, -0.2) is 15.0 Å². The van der Waals surface area contributed by atoms with Gasteiger partial charge in [-0.2, -0.15) is 0 Å². The predicted octanol–water partition coefficient (Wildman–Crippen LogP) is 13.1. The molecule has 0 saturated heterocycles. The molecule has 0 saturated carbocycles. The van der Waals surface area contributed by atoms with E-state index in [1.165, 1.54) is 30.9 Å². The molecule has 0 spiro atoms. The smallest absolute Gasteiger partial charge is 0.164 e. The quantitative estimate of drug-likeness (QED) is 0.185.